The molecule has 4 rings (SSSR count). The Labute approximate surface area is 140 Å². The van der Waals surface area contributed by atoms with Gasteiger partial charge in [-0.1, -0.05) is 42.0 Å². The Balaban J connectivity index is 2.01. The monoisotopic (exact) mass is 314 g/mol. The van der Waals surface area contributed by atoms with E-state index < -0.39 is 0 Å². The minimum atomic E-state index is 0.719. The van der Waals surface area contributed by atoms with Crippen LogP contribution in [0.1, 0.15) is 17.0 Å². The average Bonchev–Trinajstić information content (AvgIpc) is 2.93. The molecule has 2 aromatic carbocycles. The molecule has 0 aliphatic rings. The number of benzene rings is 2. The van der Waals surface area contributed by atoms with Crippen LogP contribution in [-0.4, -0.2) is 19.7 Å². The molecule has 4 nitrogen and oxygen atoms in total. The average molecular weight is 314 g/mol. The van der Waals surface area contributed by atoms with Crippen molar-refractivity contribution in [1.82, 2.24) is 19.7 Å². The van der Waals surface area contributed by atoms with Gasteiger partial charge in [-0.3, -0.25) is 0 Å². The Hall–Kier alpha value is -3.01. The van der Waals surface area contributed by atoms with E-state index in [0.29, 0.717) is 0 Å². The number of rotatable bonds is 2. The topological polar surface area (TPSA) is 43.6 Å². The molecule has 0 saturated heterocycles. The van der Waals surface area contributed by atoms with Crippen LogP contribution >= 0.6 is 0 Å². The van der Waals surface area contributed by atoms with Crippen molar-refractivity contribution in [2.75, 3.05) is 0 Å². The zero-order valence-electron chi connectivity index (χ0n) is 14.0. The molecule has 0 amide bonds. The summed E-state index contributed by atoms with van der Waals surface area (Å²) in [7, 11) is 0. The van der Waals surface area contributed by atoms with Crippen molar-refractivity contribution in [3.05, 3.63) is 71.5 Å². The predicted octanol–water partition coefficient (Wildman–Crippen LogP) is 4.41. The van der Waals surface area contributed by atoms with Crippen LogP contribution in [-0.2, 0) is 0 Å². The van der Waals surface area contributed by atoms with Gasteiger partial charge in [-0.15, -0.1) is 0 Å². The van der Waals surface area contributed by atoms with E-state index in [4.69, 9.17) is 9.97 Å². The van der Waals surface area contributed by atoms with E-state index in [2.05, 4.69) is 42.4 Å². The molecule has 0 atom stereocenters. The quantitative estimate of drug-likeness (QED) is 0.550. The number of para-hydroxylation sites is 1. The van der Waals surface area contributed by atoms with E-state index in [9.17, 15) is 0 Å². The lowest BCUT2D eigenvalue weighted by Gasteiger charge is -2.10. The Kier molecular flexibility index (Phi) is 3.38. The maximum atomic E-state index is 4.83. The van der Waals surface area contributed by atoms with Crippen molar-refractivity contribution < 1.29 is 0 Å². The molecule has 0 aliphatic carbocycles. The molecular weight excluding hydrogens is 296 g/mol. The highest BCUT2D eigenvalue weighted by molar-refractivity contribution is 5.87. The number of nitrogens with zero attached hydrogens (tertiary/aromatic N) is 4. The lowest BCUT2D eigenvalue weighted by atomic mass is 10.1. The molecule has 2 heterocycles. The second kappa shape index (κ2) is 5.57. The van der Waals surface area contributed by atoms with Crippen molar-refractivity contribution in [3.8, 4) is 17.2 Å². The molecular formula is C20H18N4. The third kappa shape index (κ3) is 2.46. The summed E-state index contributed by atoms with van der Waals surface area (Å²) < 4.78 is 1.90. The van der Waals surface area contributed by atoms with Gasteiger partial charge in [-0.05, 0) is 39.0 Å². The van der Waals surface area contributed by atoms with Crippen LogP contribution in [0.4, 0.5) is 0 Å². The fourth-order valence-electron chi connectivity index (χ4n) is 2.90. The van der Waals surface area contributed by atoms with Gasteiger partial charge in [0.05, 0.1) is 11.2 Å². The number of hydrogen-bond donors (Lipinski definition) is 0. The number of aromatic nitrogens is 4. The second-order valence-electron chi connectivity index (χ2n) is 6.09. The van der Waals surface area contributed by atoms with E-state index in [-0.39, 0.29) is 0 Å². The van der Waals surface area contributed by atoms with Crippen LogP contribution in [0.25, 0.3) is 28.1 Å². The van der Waals surface area contributed by atoms with Crippen LogP contribution in [0.2, 0.25) is 0 Å². The molecule has 4 heteroatoms. The summed E-state index contributed by atoms with van der Waals surface area (Å²) >= 11 is 0. The molecule has 0 radical (unpaired) electrons. The molecule has 0 unspecified atom stereocenters. The molecule has 0 N–H and O–H groups in total. The lowest BCUT2D eigenvalue weighted by molar-refractivity contribution is 0.811. The maximum absolute atomic E-state index is 4.83. The fraction of sp³-hybridized carbons (Fsp3) is 0.150. The summed E-state index contributed by atoms with van der Waals surface area (Å²) in [6.45, 7) is 6.11. The molecule has 24 heavy (non-hydrogen) atoms. The lowest BCUT2D eigenvalue weighted by Crippen LogP contribution is -2.05. The number of fused-ring (bicyclic) bond motifs is 1. The van der Waals surface area contributed by atoms with Gasteiger partial charge in [0, 0.05) is 16.6 Å². The molecule has 0 spiro atoms. The zero-order valence-corrected chi connectivity index (χ0v) is 14.0. The first-order valence-corrected chi connectivity index (χ1v) is 7.99. The van der Waals surface area contributed by atoms with Crippen molar-refractivity contribution >= 4 is 10.9 Å². The Bertz CT molecular complexity index is 1030. The standard InChI is InChI=1S/C20H18N4/c1-13-8-10-16(11-9-13)19-21-18-7-5-4-6-17(18)20(22-19)24-15(3)12-14(2)23-24/h4-12H,1-3H3. The third-order valence-corrected chi connectivity index (χ3v) is 4.10. The van der Waals surface area contributed by atoms with E-state index in [1.54, 1.807) is 0 Å². The van der Waals surface area contributed by atoms with Crippen LogP contribution in [0.15, 0.2) is 54.6 Å². The van der Waals surface area contributed by atoms with E-state index >= 15 is 0 Å². The first-order chi connectivity index (χ1) is 11.6. The highest BCUT2D eigenvalue weighted by atomic mass is 15.3. The summed E-state index contributed by atoms with van der Waals surface area (Å²) in [5.41, 5.74) is 5.19. The Morgan fingerprint density at radius 1 is 0.833 bits per heavy atom. The molecule has 118 valence electrons. The van der Waals surface area contributed by atoms with Gasteiger partial charge >= 0.3 is 0 Å². The summed E-state index contributed by atoms with van der Waals surface area (Å²) in [5, 5.41) is 5.61. The predicted molar refractivity (Wildman–Crippen MR) is 96.3 cm³/mol. The molecule has 0 saturated carbocycles. The van der Waals surface area contributed by atoms with Crippen molar-refractivity contribution in [1.29, 1.82) is 0 Å². The first kappa shape index (κ1) is 14.6. The molecule has 4 aromatic rings. The van der Waals surface area contributed by atoms with E-state index in [0.717, 1.165) is 39.5 Å². The van der Waals surface area contributed by atoms with Gasteiger partial charge in [0.1, 0.15) is 0 Å². The number of aryl methyl sites for hydroxylation is 3. The van der Waals surface area contributed by atoms with Gasteiger partial charge in [-0.25, -0.2) is 14.6 Å². The first-order valence-electron chi connectivity index (χ1n) is 7.99. The van der Waals surface area contributed by atoms with Crippen molar-refractivity contribution in [3.63, 3.8) is 0 Å². The van der Waals surface area contributed by atoms with Crippen molar-refractivity contribution in [2.45, 2.75) is 20.8 Å². The van der Waals surface area contributed by atoms with Gasteiger partial charge in [0.25, 0.3) is 0 Å². The highest BCUT2D eigenvalue weighted by Gasteiger charge is 2.13. The van der Waals surface area contributed by atoms with E-state index in [1.807, 2.05) is 42.8 Å². The van der Waals surface area contributed by atoms with Gasteiger partial charge in [-0.2, -0.15) is 5.10 Å². The van der Waals surface area contributed by atoms with Crippen molar-refractivity contribution in [2.24, 2.45) is 0 Å². The summed E-state index contributed by atoms with van der Waals surface area (Å²) in [4.78, 5) is 9.58. The van der Waals surface area contributed by atoms with Crippen LogP contribution in [0.5, 0.6) is 0 Å². The molecule has 2 aromatic heterocycles. The molecule has 0 bridgehead atoms. The second-order valence-corrected chi connectivity index (χ2v) is 6.09. The Morgan fingerprint density at radius 2 is 1.58 bits per heavy atom. The summed E-state index contributed by atoms with van der Waals surface area (Å²) in [6.07, 6.45) is 0. The van der Waals surface area contributed by atoms with Gasteiger partial charge in [0.2, 0.25) is 0 Å². The summed E-state index contributed by atoms with van der Waals surface area (Å²) in [6, 6.07) is 18.4. The molecule has 0 fully saturated rings. The van der Waals surface area contributed by atoms with Crippen LogP contribution in [0.3, 0.4) is 0 Å². The minimum absolute atomic E-state index is 0.719. The summed E-state index contributed by atoms with van der Waals surface area (Å²) in [5.74, 6) is 1.54. The Morgan fingerprint density at radius 3 is 2.29 bits per heavy atom. The molecule has 0 aliphatic heterocycles. The van der Waals surface area contributed by atoms with E-state index in [1.165, 1.54) is 5.56 Å². The van der Waals surface area contributed by atoms with Gasteiger partial charge < -0.3 is 0 Å². The minimum Gasteiger partial charge on any atom is -0.228 e. The van der Waals surface area contributed by atoms with Crippen LogP contribution in [0, 0.1) is 20.8 Å². The maximum Gasteiger partial charge on any atom is 0.165 e. The normalized spacial score (nSPS) is 11.1. The highest BCUT2D eigenvalue weighted by Crippen LogP contribution is 2.25. The smallest absolute Gasteiger partial charge is 0.165 e. The zero-order chi connectivity index (χ0) is 16.7. The van der Waals surface area contributed by atoms with Crippen LogP contribution < -0.4 is 0 Å². The number of hydrogen-bond acceptors (Lipinski definition) is 3. The SMILES string of the molecule is Cc1ccc(-c2nc(-n3nc(C)cc3C)c3ccccc3n2)cc1. The fourth-order valence-corrected chi connectivity index (χ4v) is 2.90. The van der Waals surface area contributed by atoms with Gasteiger partial charge in [0.15, 0.2) is 11.6 Å². The largest absolute Gasteiger partial charge is 0.228 e. The third-order valence-electron chi connectivity index (χ3n) is 4.10.